The number of hydrogen-bond acceptors (Lipinski definition) is 6. The quantitative estimate of drug-likeness (QED) is 0.311. The lowest BCUT2D eigenvalue weighted by molar-refractivity contribution is 0.319. The summed E-state index contributed by atoms with van der Waals surface area (Å²) in [6.07, 6.45) is 0. The van der Waals surface area contributed by atoms with E-state index in [1.54, 1.807) is 18.2 Å². The molecular formula is C26H17NO6S. The Morgan fingerprint density at radius 3 is 2.21 bits per heavy atom. The van der Waals surface area contributed by atoms with Gasteiger partial charge in [0.05, 0.1) is 22.9 Å². The molecule has 2 aromatic heterocycles. The average Bonchev–Trinajstić information content (AvgIpc) is 2.84. The number of aliphatic hydroxyl groups excluding tert-OH is 1. The number of pyridine rings is 1. The van der Waals surface area contributed by atoms with Crippen molar-refractivity contribution >= 4 is 53.3 Å². The SMILES string of the molecule is O=c1c2ccc3oc4ccccc4c4ccc(c(=O)n1-c1cccc(S(=O)(=O)CCO)c1)c2c34. The minimum absolute atomic E-state index is 0.0688. The summed E-state index contributed by atoms with van der Waals surface area (Å²) in [7, 11) is -3.76. The van der Waals surface area contributed by atoms with Crippen LogP contribution < -0.4 is 11.1 Å². The first-order valence-electron chi connectivity index (χ1n) is 10.6. The molecule has 8 heteroatoms. The van der Waals surface area contributed by atoms with Crippen molar-refractivity contribution in [2.75, 3.05) is 12.4 Å². The van der Waals surface area contributed by atoms with E-state index in [1.807, 2.05) is 30.3 Å². The molecular weight excluding hydrogens is 454 g/mol. The van der Waals surface area contributed by atoms with Crippen LogP contribution in [0.2, 0.25) is 0 Å². The first-order chi connectivity index (χ1) is 16.4. The van der Waals surface area contributed by atoms with Gasteiger partial charge in [-0.05, 0) is 47.9 Å². The minimum atomic E-state index is -3.76. The van der Waals surface area contributed by atoms with Crippen LogP contribution in [0.1, 0.15) is 0 Å². The van der Waals surface area contributed by atoms with Crippen molar-refractivity contribution in [3.05, 3.63) is 93.5 Å². The number of aliphatic hydroxyl groups is 1. The molecule has 2 heterocycles. The van der Waals surface area contributed by atoms with Crippen LogP contribution in [0.15, 0.2) is 91.7 Å². The van der Waals surface area contributed by atoms with Gasteiger partial charge in [-0.15, -0.1) is 0 Å². The highest BCUT2D eigenvalue weighted by molar-refractivity contribution is 7.91. The van der Waals surface area contributed by atoms with Crippen LogP contribution in [0.3, 0.4) is 0 Å². The van der Waals surface area contributed by atoms with Crippen LogP contribution in [0.5, 0.6) is 0 Å². The van der Waals surface area contributed by atoms with Gasteiger partial charge in [0.25, 0.3) is 11.1 Å². The molecule has 0 aliphatic carbocycles. The Morgan fingerprint density at radius 2 is 1.44 bits per heavy atom. The lowest BCUT2D eigenvalue weighted by atomic mass is 9.96. The molecule has 1 N–H and O–H groups in total. The number of aromatic nitrogens is 1. The smallest absolute Gasteiger partial charge is 0.265 e. The largest absolute Gasteiger partial charge is 0.456 e. The van der Waals surface area contributed by atoms with Crippen molar-refractivity contribution in [1.82, 2.24) is 4.57 Å². The molecule has 6 aromatic rings. The fraction of sp³-hybridized carbons (Fsp3) is 0.0769. The van der Waals surface area contributed by atoms with Crippen molar-refractivity contribution in [3.63, 3.8) is 0 Å². The summed E-state index contributed by atoms with van der Waals surface area (Å²) in [5, 5.41) is 12.7. The maximum atomic E-state index is 13.6. The number of hydrogen-bond donors (Lipinski definition) is 1. The second-order valence-electron chi connectivity index (χ2n) is 8.11. The highest BCUT2D eigenvalue weighted by Crippen LogP contribution is 2.36. The maximum absolute atomic E-state index is 13.6. The molecule has 0 spiro atoms. The molecule has 7 nitrogen and oxygen atoms in total. The van der Waals surface area contributed by atoms with Gasteiger partial charge in [-0.2, -0.15) is 0 Å². The molecule has 0 radical (unpaired) electrons. The van der Waals surface area contributed by atoms with E-state index in [0.29, 0.717) is 32.7 Å². The summed E-state index contributed by atoms with van der Waals surface area (Å²) < 4.78 is 31.9. The fourth-order valence-corrected chi connectivity index (χ4v) is 5.71. The molecule has 0 aliphatic rings. The molecule has 0 aliphatic heterocycles. The summed E-state index contributed by atoms with van der Waals surface area (Å²) in [5.41, 5.74) is 0.331. The third kappa shape index (κ3) is 2.82. The van der Waals surface area contributed by atoms with Crippen molar-refractivity contribution in [2.45, 2.75) is 4.90 Å². The number of rotatable bonds is 4. The molecule has 0 amide bonds. The predicted octanol–water partition coefficient (Wildman–Crippen LogP) is 3.61. The molecule has 168 valence electrons. The Labute approximate surface area is 192 Å². The molecule has 4 aromatic carbocycles. The second kappa shape index (κ2) is 7.24. The van der Waals surface area contributed by atoms with Crippen LogP contribution in [0.4, 0.5) is 0 Å². The van der Waals surface area contributed by atoms with Gasteiger partial charge in [0, 0.05) is 26.9 Å². The Bertz CT molecular complexity index is 1950. The van der Waals surface area contributed by atoms with E-state index in [0.717, 1.165) is 15.3 Å². The highest BCUT2D eigenvalue weighted by atomic mass is 32.2. The first kappa shape index (κ1) is 20.6. The van der Waals surface area contributed by atoms with Crippen LogP contribution in [-0.2, 0) is 9.84 Å². The number of sulfone groups is 1. The molecule has 34 heavy (non-hydrogen) atoms. The van der Waals surface area contributed by atoms with Gasteiger partial charge >= 0.3 is 0 Å². The van der Waals surface area contributed by atoms with Crippen molar-refractivity contribution < 1.29 is 17.9 Å². The van der Waals surface area contributed by atoms with Gasteiger partial charge in [0.1, 0.15) is 11.2 Å². The molecule has 0 saturated carbocycles. The molecule has 0 fully saturated rings. The van der Waals surface area contributed by atoms with Gasteiger partial charge in [0.2, 0.25) is 0 Å². The molecule has 0 bridgehead atoms. The maximum Gasteiger partial charge on any atom is 0.265 e. The topological polar surface area (TPSA) is 107 Å². The van der Waals surface area contributed by atoms with E-state index in [2.05, 4.69) is 0 Å². The lowest BCUT2D eigenvalue weighted by Gasteiger charge is -2.14. The van der Waals surface area contributed by atoms with Gasteiger partial charge in [-0.3, -0.25) is 9.59 Å². The minimum Gasteiger partial charge on any atom is -0.456 e. The van der Waals surface area contributed by atoms with E-state index >= 15 is 0 Å². The summed E-state index contributed by atoms with van der Waals surface area (Å²) in [5.74, 6) is -0.451. The van der Waals surface area contributed by atoms with Gasteiger partial charge in [-0.25, -0.2) is 13.0 Å². The van der Waals surface area contributed by atoms with Crippen molar-refractivity contribution in [1.29, 1.82) is 0 Å². The second-order valence-corrected chi connectivity index (χ2v) is 10.2. The van der Waals surface area contributed by atoms with Crippen LogP contribution in [0, 0.1) is 0 Å². The number of para-hydroxylation sites is 1. The summed E-state index contributed by atoms with van der Waals surface area (Å²) >= 11 is 0. The van der Waals surface area contributed by atoms with Crippen LogP contribution >= 0.6 is 0 Å². The van der Waals surface area contributed by atoms with E-state index < -0.39 is 33.3 Å². The average molecular weight is 471 g/mol. The standard InChI is InChI=1S/C26H17NO6S/c28-12-13-34(31,32)16-5-3-4-15(14-16)27-25(29)19-9-8-18-17-6-1-2-7-21(17)33-22-11-10-20(26(27)30)23(19)24(18)22/h1-11,14,28H,12-13H2. The Balaban J connectivity index is 1.72. The fourth-order valence-electron chi connectivity index (χ4n) is 4.65. The predicted molar refractivity (Wildman–Crippen MR) is 131 cm³/mol. The van der Waals surface area contributed by atoms with Gasteiger partial charge in [-0.1, -0.05) is 30.3 Å². The molecule has 0 atom stereocenters. The highest BCUT2D eigenvalue weighted by Gasteiger charge is 2.21. The number of nitrogens with zero attached hydrogens (tertiary/aromatic N) is 1. The summed E-state index contributed by atoms with van der Waals surface area (Å²) in [6, 6.07) is 20.1. The van der Waals surface area contributed by atoms with E-state index in [4.69, 9.17) is 9.52 Å². The zero-order valence-electron chi connectivity index (χ0n) is 17.7. The van der Waals surface area contributed by atoms with Crippen LogP contribution in [0.25, 0.3) is 49.2 Å². The van der Waals surface area contributed by atoms with E-state index in [9.17, 15) is 18.0 Å². The molecule has 6 rings (SSSR count). The Hall–Kier alpha value is -4.01. The van der Waals surface area contributed by atoms with Gasteiger partial charge in [0.15, 0.2) is 9.84 Å². The van der Waals surface area contributed by atoms with Gasteiger partial charge < -0.3 is 9.52 Å². The molecule has 0 unspecified atom stereocenters. The third-order valence-corrected chi connectivity index (χ3v) is 7.87. The Kier molecular flexibility index (Phi) is 4.39. The summed E-state index contributed by atoms with van der Waals surface area (Å²) in [6.45, 7) is -0.528. The van der Waals surface area contributed by atoms with E-state index in [-0.39, 0.29) is 10.6 Å². The first-order valence-corrected chi connectivity index (χ1v) is 12.3. The Morgan fingerprint density at radius 1 is 0.735 bits per heavy atom. The monoisotopic (exact) mass is 471 g/mol. The lowest BCUT2D eigenvalue weighted by Crippen LogP contribution is -2.32. The number of benzene rings is 4. The number of fused-ring (bicyclic) bond motifs is 2. The van der Waals surface area contributed by atoms with Crippen molar-refractivity contribution in [2.24, 2.45) is 0 Å². The molecule has 0 saturated heterocycles. The zero-order valence-corrected chi connectivity index (χ0v) is 18.5. The van der Waals surface area contributed by atoms with E-state index in [1.165, 1.54) is 24.3 Å². The van der Waals surface area contributed by atoms with Crippen LogP contribution in [-0.4, -0.2) is 30.5 Å². The third-order valence-electron chi connectivity index (χ3n) is 6.18. The van der Waals surface area contributed by atoms with Crippen molar-refractivity contribution in [3.8, 4) is 5.69 Å². The summed E-state index contributed by atoms with van der Waals surface area (Å²) in [4.78, 5) is 27.0. The zero-order chi connectivity index (χ0) is 23.6. The normalized spacial score (nSPS) is 12.4.